The van der Waals surface area contributed by atoms with Crippen LogP contribution in [0.25, 0.3) is 10.8 Å². The zero-order valence-electron chi connectivity index (χ0n) is 12.1. The van der Waals surface area contributed by atoms with Crippen molar-refractivity contribution in [1.29, 1.82) is 0 Å². The van der Waals surface area contributed by atoms with E-state index < -0.39 is 0 Å². The summed E-state index contributed by atoms with van der Waals surface area (Å²) in [6, 6.07) is 9.31. The maximum absolute atomic E-state index is 11.8. The fraction of sp³-hybridized carbons (Fsp3) is 0.294. The summed E-state index contributed by atoms with van der Waals surface area (Å²) in [6.07, 6.45) is 1.02. The predicted molar refractivity (Wildman–Crippen MR) is 82.7 cm³/mol. The number of rotatable bonds is 5. The van der Waals surface area contributed by atoms with E-state index in [-0.39, 0.29) is 11.6 Å². The maximum Gasteiger partial charge on any atom is 0.160 e. The third kappa shape index (κ3) is 2.57. The topological polar surface area (TPSA) is 46.2 Å². The lowest BCUT2D eigenvalue weighted by Crippen LogP contribution is -2.05. The molecule has 20 heavy (non-hydrogen) atoms. The summed E-state index contributed by atoms with van der Waals surface area (Å²) in [5.41, 5.74) is 2.18. The molecule has 0 bridgehead atoms. The van der Waals surface area contributed by atoms with Crippen molar-refractivity contribution in [3.63, 3.8) is 0 Å². The molecule has 0 radical (unpaired) electrons. The quantitative estimate of drug-likeness (QED) is 0.832. The van der Waals surface area contributed by atoms with Crippen molar-refractivity contribution >= 4 is 28.0 Å². The highest BCUT2D eigenvalue weighted by Gasteiger charge is 2.14. The van der Waals surface area contributed by atoms with Crippen LogP contribution in [0, 0.1) is 0 Å². The molecule has 0 saturated heterocycles. The standard InChI is InChI=1S/C17H19NO2/c1-4-10-18-16-9-8-14(12(3)20)17-13(11(2)19)6-5-7-15(16)17/h5-9,18H,4,10H2,1-3H3. The maximum atomic E-state index is 11.8. The number of carbonyl (C=O) groups excluding carboxylic acids is 2. The molecule has 0 atom stereocenters. The second-order valence-corrected chi connectivity index (χ2v) is 4.93. The van der Waals surface area contributed by atoms with Gasteiger partial charge in [0.05, 0.1) is 0 Å². The number of ketones is 2. The number of hydrogen-bond acceptors (Lipinski definition) is 3. The first-order valence-corrected chi connectivity index (χ1v) is 6.87. The predicted octanol–water partition coefficient (Wildman–Crippen LogP) is 4.07. The first-order chi connectivity index (χ1) is 9.56. The number of nitrogens with one attached hydrogen (secondary N) is 1. The van der Waals surface area contributed by atoms with Crippen molar-refractivity contribution in [3.05, 3.63) is 41.5 Å². The van der Waals surface area contributed by atoms with Crippen molar-refractivity contribution in [3.8, 4) is 0 Å². The summed E-state index contributed by atoms with van der Waals surface area (Å²) < 4.78 is 0. The highest BCUT2D eigenvalue weighted by atomic mass is 16.1. The van der Waals surface area contributed by atoms with E-state index in [1.165, 1.54) is 13.8 Å². The van der Waals surface area contributed by atoms with Gasteiger partial charge in [-0.2, -0.15) is 0 Å². The number of fused-ring (bicyclic) bond motifs is 1. The molecule has 0 amide bonds. The smallest absolute Gasteiger partial charge is 0.160 e. The van der Waals surface area contributed by atoms with E-state index in [0.29, 0.717) is 11.1 Å². The van der Waals surface area contributed by atoms with E-state index in [4.69, 9.17) is 0 Å². The Balaban J connectivity index is 2.77. The summed E-state index contributed by atoms with van der Waals surface area (Å²) in [5, 5.41) is 5.03. The van der Waals surface area contributed by atoms with Gasteiger partial charge in [-0.05, 0) is 32.4 Å². The second kappa shape index (κ2) is 5.87. The van der Waals surface area contributed by atoms with Crippen LogP contribution in [0.1, 0.15) is 47.9 Å². The third-order valence-electron chi connectivity index (χ3n) is 3.36. The van der Waals surface area contributed by atoms with Crippen LogP contribution in [0.15, 0.2) is 30.3 Å². The lowest BCUT2D eigenvalue weighted by Gasteiger charge is -2.13. The molecular weight excluding hydrogens is 250 g/mol. The first kappa shape index (κ1) is 14.3. The Bertz CT molecular complexity index is 654. The molecule has 3 nitrogen and oxygen atoms in total. The van der Waals surface area contributed by atoms with Gasteiger partial charge in [-0.1, -0.05) is 25.1 Å². The molecule has 2 rings (SSSR count). The molecule has 0 aliphatic rings. The SMILES string of the molecule is CCCNc1ccc(C(C)=O)c2c(C(C)=O)cccc12. The van der Waals surface area contributed by atoms with Crippen molar-refractivity contribution in [2.24, 2.45) is 0 Å². The van der Waals surface area contributed by atoms with Crippen LogP contribution >= 0.6 is 0 Å². The summed E-state index contributed by atoms with van der Waals surface area (Å²) in [4.78, 5) is 23.7. The van der Waals surface area contributed by atoms with Gasteiger partial charge in [-0.25, -0.2) is 0 Å². The molecule has 3 heteroatoms. The van der Waals surface area contributed by atoms with Crippen LogP contribution in [0.3, 0.4) is 0 Å². The number of anilines is 1. The van der Waals surface area contributed by atoms with Gasteiger partial charge in [-0.15, -0.1) is 0 Å². The molecule has 0 aliphatic heterocycles. The van der Waals surface area contributed by atoms with Gasteiger partial charge in [0.25, 0.3) is 0 Å². The van der Waals surface area contributed by atoms with Crippen molar-refractivity contribution in [2.45, 2.75) is 27.2 Å². The zero-order valence-corrected chi connectivity index (χ0v) is 12.1. The molecule has 0 heterocycles. The van der Waals surface area contributed by atoms with Crippen molar-refractivity contribution in [2.75, 3.05) is 11.9 Å². The van der Waals surface area contributed by atoms with Crippen LogP contribution < -0.4 is 5.32 Å². The van der Waals surface area contributed by atoms with Crippen LogP contribution in [-0.2, 0) is 0 Å². The Labute approximate surface area is 119 Å². The minimum Gasteiger partial charge on any atom is -0.385 e. The lowest BCUT2D eigenvalue weighted by molar-refractivity contribution is 0.101. The van der Waals surface area contributed by atoms with E-state index in [9.17, 15) is 9.59 Å². The highest BCUT2D eigenvalue weighted by molar-refractivity contribution is 6.18. The van der Waals surface area contributed by atoms with E-state index in [0.717, 1.165) is 29.4 Å². The van der Waals surface area contributed by atoms with Gasteiger partial charge in [0.15, 0.2) is 11.6 Å². The van der Waals surface area contributed by atoms with Crippen molar-refractivity contribution in [1.82, 2.24) is 0 Å². The highest BCUT2D eigenvalue weighted by Crippen LogP contribution is 2.30. The van der Waals surface area contributed by atoms with Gasteiger partial charge < -0.3 is 5.32 Å². The molecule has 0 aromatic heterocycles. The van der Waals surface area contributed by atoms with E-state index in [1.54, 1.807) is 12.1 Å². The Morgan fingerprint density at radius 2 is 1.65 bits per heavy atom. The van der Waals surface area contributed by atoms with Gasteiger partial charge in [0.1, 0.15) is 0 Å². The Kier molecular flexibility index (Phi) is 4.18. The summed E-state index contributed by atoms with van der Waals surface area (Å²) in [5.74, 6) is -0.0449. The fourth-order valence-corrected chi connectivity index (χ4v) is 2.41. The van der Waals surface area contributed by atoms with E-state index in [2.05, 4.69) is 12.2 Å². The molecule has 0 fully saturated rings. The largest absolute Gasteiger partial charge is 0.385 e. The van der Waals surface area contributed by atoms with Gasteiger partial charge in [0.2, 0.25) is 0 Å². The average Bonchev–Trinajstić information content (AvgIpc) is 2.43. The Hall–Kier alpha value is -2.16. The zero-order chi connectivity index (χ0) is 14.7. The second-order valence-electron chi connectivity index (χ2n) is 4.93. The minimum atomic E-state index is -0.0225. The normalized spacial score (nSPS) is 10.6. The average molecular weight is 269 g/mol. The van der Waals surface area contributed by atoms with Gasteiger partial charge in [-0.3, -0.25) is 9.59 Å². The molecule has 104 valence electrons. The van der Waals surface area contributed by atoms with Crippen LogP contribution in [0.5, 0.6) is 0 Å². The number of Topliss-reactive ketones (excluding diaryl/α,β-unsaturated/α-hetero) is 2. The Morgan fingerprint density at radius 3 is 2.25 bits per heavy atom. The van der Waals surface area contributed by atoms with E-state index in [1.807, 2.05) is 18.2 Å². The van der Waals surface area contributed by atoms with Crippen LogP contribution in [0.4, 0.5) is 5.69 Å². The fourth-order valence-electron chi connectivity index (χ4n) is 2.41. The van der Waals surface area contributed by atoms with Gasteiger partial charge in [0, 0.05) is 34.1 Å². The minimum absolute atomic E-state index is 0.0225. The van der Waals surface area contributed by atoms with Gasteiger partial charge >= 0.3 is 0 Å². The molecule has 0 unspecified atom stereocenters. The van der Waals surface area contributed by atoms with Crippen molar-refractivity contribution < 1.29 is 9.59 Å². The number of carbonyl (C=O) groups is 2. The number of benzene rings is 2. The molecule has 2 aromatic rings. The monoisotopic (exact) mass is 269 g/mol. The molecular formula is C17H19NO2. The van der Waals surface area contributed by atoms with Crippen LogP contribution in [0.2, 0.25) is 0 Å². The molecule has 0 spiro atoms. The molecule has 0 aliphatic carbocycles. The Morgan fingerprint density at radius 1 is 1.00 bits per heavy atom. The summed E-state index contributed by atoms with van der Waals surface area (Å²) in [6.45, 7) is 6.02. The number of hydrogen-bond donors (Lipinski definition) is 1. The summed E-state index contributed by atoms with van der Waals surface area (Å²) in [7, 11) is 0. The lowest BCUT2D eigenvalue weighted by atomic mass is 9.94. The first-order valence-electron chi connectivity index (χ1n) is 6.87. The molecule has 0 saturated carbocycles. The molecule has 2 aromatic carbocycles. The van der Waals surface area contributed by atoms with Crippen LogP contribution in [-0.4, -0.2) is 18.1 Å². The van der Waals surface area contributed by atoms with E-state index >= 15 is 0 Å². The molecule has 1 N–H and O–H groups in total. The third-order valence-corrected chi connectivity index (χ3v) is 3.36. The summed E-state index contributed by atoms with van der Waals surface area (Å²) >= 11 is 0.